The van der Waals surface area contributed by atoms with Crippen molar-refractivity contribution in [3.63, 3.8) is 0 Å². The Bertz CT molecular complexity index is 621. The maximum atomic E-state index is 13.7. The Balaban J connectivity index is 2.39. The Morgan fingerprint density at radius 1 is 1.53 bits per heavy atom. The van der Waals surface area contributed by atoms with Crippen molar-refractivity contribution in [1.29, 1.82) is 0 Å². The van der Waals surface area contributed by atoms with Gasteiger partial charge in [-0.05, 0) is 32.0 Å². The zero-order chi connectivity index (χ0) is 14.0. The first-order valence-corrected chi connectivity index (χ1v) is 5.66. The Morgan fingerprint density at radius 3 is 2.79 bits per heavy atom. The molecule has 1 heterocycles. The minimum atomic E-state index is -1.21. The number of hydrogen-bond acceptors (Lipinski definition) is 4. The van der Waals surface area contributed by atoms with Crippen LogP contribution in [0.15, 0.2) is 22.6 Å². The molecule has 0 fully saturated rings. The molecule has 0 atom stereocenters. The van der Waals surface area contributed by atoms with E-state index in [1.165, 1.54) is 19.1 Å². The highest BCUT2D eigenvalue weighted by Gasteiger charge is 2.18. The quantitative estimate of drug-likeness (QED) is 0.920. The van der Waals surface area contributed by atoms with Crippen molar-refractivity contribution in [3.8, 4) is 17.2 Å². The van der Waals surface area contributed by atoms with Gasteiger partial charge in [-0.15, -0.1) is 0 Å². The first kappa shape index (κ1) is 13.1. The SMILES string of the molecule is CCOc1ccc(-c2nc(C)c(C(=O)O)o2)cc1F. The van der Waals surface area contributed by atoms with Gasteiger partial charge in [0.1, 0.15) is 0 Å². The fourth-order valence-electron chi connectivity index (χ4n) is 1.62. The lowest BCUT2D eigenvalue weighted by molar-refractivity contribution is 0.0662. The molecule has 0 spiro atoms. The Morgan fingerprint density at radius 2 is 2.26 bits per heavy atom. The van der Waals surface area contributed by atoms with E-state index in [4.69, 9.17) is 14.3 Å². The number of rotatable bonds is 4. The van der Waals surface area contributed by atoms with E-state index in [0.29, 0.717) is 12.2 Å². The molecule has 0 bridgehead atoms. The molecule has 1 aromatic carbocycles. The Hall–Kier alpha value is -2.37. The summed E-state index contributed by atoms with van der Waals surface area (Å²) in [4.78, 5) is 14.8. The number of aromatic nitrogens is 1. The number of ether oxygens (including phenoxy) is 1. The van der Waals surface area contributed by atoms with Gasteiger partial charge in [0.15, 0.2) is 11.6 Å². The standard InChI is InChI=1S/C13H12FNO4/c1-3-18-10-5-4-8(6-9(10)14)12-15-7(2)11(19-12)13(16)17/h4-6H,3H2,1-2H3,(H,16,17). The smallest absolute Gasteiger partial charge is 0.373 e. The third kappa shape index (κ3) is 2.57. The van der Waals surface area contributed by atoms with E-state index >= 15 is 0 Å². The van der Waals surface area contributed by atoms with Gasteiger partial charge in [-0.1, -0.05) is 0 Å². The van der Waals surface area contributed by atoms with Gasteiger partial charge in [0.05, 0.1) is 12.3 Å². The van der Waals surface area contributed by atoms with Crippen LogP contribution in [0.4, 0.5) is 4.39 Å². The molecular formula is C13H12FNO4. The molecule has 0 radical (unpaired) electrons. The summed E-state index contributed by atoms with van der Waals surface area (Å²) in [6.45, 7) is 3.63. The predicted molar refractivity (Wildman–Crippen MR) is 64.8 cm³/mol. The lowest BCUT2D eigenvalue weighted by Crippen LogP contribution is -1.95. The molecule has 0 saturated carbocycles. The molecule has 0 aliphatic carbocycles. The van der Waals surface area contributed by atoms with Gasteiger partial charge in [-0.3, -0.25) is 0 Å². The second-order valence-electron chi connectivity index (χ2n) is 3.82. The van der Waals surface area contributed by atoms with Crippen LogP contribution in [0.2, 0.25) is 0 Å². The van der Waals surface area contributed by atoms with E-state index in [9.17, 15) is 9.18 Å². The Kier molecular flexibility index (Phi) is 3.50. The van der Waals surface area contributed by atoms with E-state index in [0.717, 1.165) is 0 Å². The van der Waals surface area contributed by atoms with Crippen LogP contribution in [-0.2, 0) is 0 Å². The van der Waals surface area contributed by atoms with Gasteiger partial charge >= 0.3 is 5.97 Å². The summed E-state index contributed by atoms with van der Waals surface area (Å²) < 4.78 is 23.9. The average Bonchev–Trinajstić information content (AvgIpc) is 2.74. The minimum absolute atomic E-state index is 0.0665. The van der Waals surface area contributed by atoms with Crippen LogP contribution in [0, 0.1) is 12.7 Å². The largest absolute Gasteiger partial charge is 0.491 e. The van der Waals surface area contributed by atoms with Crippen LogP contribution in [0.3, 0.4) is 0 Å². The van der Waals surface area contributed by atoms with Crippen LogP contribution >= 0.6 is 0 Å². The molecule has 0 aliphatic heterocycles. The third-order valence-corrected chi connectivity index (χ3v) is 2.47. The molecule has 100 valence electrons. The molecule has 2 rings (SSSR count). The normalized spacial score (nSPS) is 10.5. The topological polar surface area (TPSA) is 72.6 Å². The molecule has 0 amide bonds. The first-order valence-electron chi connectivity index (χ1n) is 5.66. The zero-order valence-electron chi connectivity index (χ0n) is 10.4. The maximum absolute atomic E-state index is 13.7. The van der Waals surface area contributed by atoms with E-state index in [1.54, 1.807) is 13.0 Å². The van der Waals surface area contributed by atoms with Gasteiger partial charge in [0.25, 0.3) is 0 Å². The summed E-state index contributed by atoms with van der Waals surface area (Å²) in [5.74, 6) is -1.80. The van der Waals surface area contributed by atoms with Gasteiger partial charge < -0.3 is 14.3 Å². The number of halogens is 1. The maximum Gasteiger partial charge on any atom is 0.373 e. The first-order chi connectivity index (χ1) is 9.02. The summed E-state index contributed by atoms with van der Waals surface area (Å²) in [7, 11) is 0. The number of carboxylic acids is 1. The van der Waals surface area contributed by atoms with E-state index in [2.05, 4.69) is 4.98 Å². The molecule has 0 saturated heterocycles. The van der Waals surface area contributed by atoms with Crippen molar-refractivity contribution >= 4 is 5.97 Å². The fraction of sp³-hybridized carbons (Fsp3) is 0.231. The van der Waals surface area contributed by atoms with Crippen LogP contribution in [-0.4, -0.2) is 22.7 Å². The highest BCUT2D eigenvalue weighted by Crippen LogP contribution is 2.26. The number of carbonyl (C=O) groups is 1. The molecule has 6 heteroatoms. The number of oxazole rings is 1. The van der Waals surface area contributed by atoms with Gasteiger partial charge in [0.2, 0.25) is 11.7 Å². The number of nitrogens with zero attached hydrogens (tertiary/aromatic N) is 1. The van der Waals surface area contributed by atoms with Crippen molar-refractivity contribution in [2.24, 2.45) is 0 Å². The molecule has 5 nitrogen and oxygen atoms in total. The average molecular weight is 265 g/mol. The minimum Gasteiger partial charge on any atom is -0.491 e. The van der Waals surface area contributed by atoms with E-state index in [-0.39, 0.29) is 23.1 Å². The molecular weight excluding hydrogens is 253 g/mol. The van der Waals surface area contributed by atoms with Crippen LogP contribution in [0.5, 0.6) is 5.75 Å². The van der Waals surface area contributed by atoms with Crippen molar-refractivity contribution in [3.05, 3.63) is 35.5 Å². The lowest BCUT2D eigenvalue weighted by atomic mass is 10.2. The Labute approximate surface area is 108 Å². The van der Waals surface area contributed by atoms with Crippen molar-refractivity contribution < 1.29 is 23.4 Å². The van der Waals surface area contributed by atoms with E-state index < -0.39 is 11.8 Å². The van der Waals surface area contributed by atoms with Crippen LogP contribution in [0.25, 0.3) is 11.5 Å². The second kappa shape index (κ2) is 5.09. The molecule has 1 aromatic heterocycles. The number of benzene rings is 1. The van der Waals surface area contributed by atoms with Gasteiger partial charge in [-0.2, -0.15) is 0 Å². The van der Waals surface area contributed by atoms with Crippen LogP contribution in [0.1, 0.15) is 23.2 Å². The molecule has 1 N–H and O–H groups in total. The van der Waals surface area contributed by atoms with Crippen molar-refractivity contribution in [2.75, 3.05) is 6.61 Å². The number of aromatic carboxylic acids is 1. The second-order valence-corrected chi connectivity index (χ2v) is 3.82. The molecule has 0 unspecified atom stereocenters. The highest BCUT2D eigenvalue weighted by molar-refractivity contribution is 5.86. The van der Waals surface area contributed by atoms with Gasteiger partial charge in [0, 0.05) is 5.56 Å². The lowest BCUT2D eigenvalue weighted by Gasteiger charge is -2.04. The zero-order valence-corrected chi connectivity index (χ0v) is 10.4. The molecule has 2 aromatic rings. The van der Waals surface area contributed by atoms with E-state index in [1.807, 2.05) is 0 Å². The molecule has 0 aliphatic rings. The number of aryl methyl sites for hydroxylation is 1. The summed E-state index contributed by atoms with van der Waals surface area (Å²) in [5, 5.41) is 8.87. The van der Waals surface area contributed by atoms with Crippen molar-refractivity contribution in [1.82, 2.24) is 4.98 Å². The third-order valence-electron chi connectivity index (χ3n) is 2.47. The fourth-order valence-corrected chi connectivity index (χ4v) is 1.62. The highest BCUT2D eigenvalue weighted by atomic mass is 19.1. The van der Waals surface area contributed by atoms with Crippen LogP contribution < -0.4 is 4.74 Å². The van der Waals surface area contributed by atoms with Crippen molar-refractivity contribution in [2.45, 2.75) is 13.8 Å². The van der Waals surface area contributed by atoms with Gasteiger partial charge in [-0.25, -0.2) is 14.2 Å². The predicted octanol–water partition coefficient (Wildman–Crippen LogP) is 2.89. The summed E-state index contributed by atoms with van der Waals surface area (Å²) in [6, 6.07) is 4.21. The summed E-state index contributed by atoms with van der Waals surface area (Å²) in [5.41, 5.74) is 0.605. The molecule has 19 heavy (non-hydrogen) atoms. The summed E-state index contributed by atoms with van der Waals surface area (Å²) in [6.07, 6.45) is 0. The number of carboxylic acid groups (broad SMARTS) is 1. The monoisotopic (exact) mass is 265 g/mol. The number of hydrogen-bond donors (Lipinski definition) is 1. The summed E-state index contributed by atoms with van der Waals surface area (Å²) >= 11 is 0.